The summed E-state index contributed by atoms with van der Waals surface area (Å²) >= 11 is 0. The molecule has 1 saturated heterocycles. The third-order valence-corrected chi connectivity index (χ3v) is 4.34. The van der Waals surface area contributed by atoms with E-state index in [1.54, 1.807) is 7.11 Å². The number of benzene rings is 1. The molecule has 7 heteroatoms. The van der Waals surface area contributed by atoms with Crippen molar-refractivity contribution >= 4 is 5.91 Å². The molecule has 1 atom stereocenters. The van der Waals surface area contributed by atoms with Gasteiger partial charge in [-0.3, -0.25) is 9.69 Å². The van der Waals surface area contributed by atoms with E-state index in [0.717, 1.165) is 31.4 Å². The van der Waals surface area contributed by atoms with E-state index in [9.17, 15) is 4.79 Å². The van der Waals surface area contributed by atoms with Crippen LogP contribution in [0.5, 0.6) is 0 Å². The van der Waals surface area contributed by atoms with Crippen molar-refractivity contribution < 1.29 is 14.1 Å². The van der Waals surface area contributed by atoms with Crippen molar-refractivity contribution in [2.45, 2.75) is 38.5 Å². The molecule has 1 aromatic heterocycles. The van der Waals surface area contributed by atoms with E-state index in [0.29, 0.717) is 31.4 Å². The number of rotatable bonds is 7. The molecule has 3 rings (SSSR count). The van der Waals surface area contributed by atoms with Gasteiger partial charge in [0.15, 0.2) is 5.82 Å². The summed E-state index contributed by atoms with van der Waals surface area (Å²) in [4.78, 5) is 18.8. The van der Waals surface area contributed by atoms with Gasteiger partial charge in [0.25, 0.3) is 0 Å². The third-order valence-electron chi connectivity index (χ3n) is 4.34. The second kappa shape index (κ2) is 8.73. The van der Waals surface area contributed by atoms with E-state index in [2.05, 4.69) is 20.4 Å². The van der Waals surface area contributed by atoms with Gasteiger partial charge in [0.1, 0.15) is 6.61 Å². The predicted octanol–water partition coefficient (Wildman–Crippen LogP) is 2.06. The molecule has 2 heterocycles. The molecule has 1 aliphatic heterocycles. The van der Waals surface area contributed by atoms with Gasteiger partial charge in [0.05, 0.1) is 12.6 Å². The number of methoxy groups -OCH3 is 1. The molecule has 0 aliphatic carbocycles. The van der Waals surface area contributed by atoms with Crippen LogP contribution in [0, 0.1) is 0 Å². The number of likely N-dealkylation sites (tertiary alicyclic amines) is 1. The van der Waals surface area contributed by atoms with Crippen LogP contribution in [0.4, 0.5) is 0 Å². The fraction of sp³-hybridized carbons (Fsp3) is 0.500. The quantitative estimate of drug-likeness (QED) is 0.828. The molecule has 0 spiro atoms. The number of nitrogens with zero attached hydrogens (tertiary/aromatic N) is 3. The Bertz CT molecular complexity index is 674. The van der Waals surface area contributed by atoms with Gasteiger partial charge in [0.2, 0.25) is 11.8 Å². The number of ether oxygens (including phenoxy) is 1. The Balaban J connectivity index is 1.57. The highest BCUT2D eigenvalue weighted by Gasteiger charge is 2.30. The Morgan fingerprint density at radius 1 is 1.36 bits per heavy atom. The number of piperidine rings is 1. The number of carbonyl (C=O) groups excluding carboxylic acids is 1. The molecule has 25 heavy (non-hydrogen) atoms. The minimum absolute atomic E-state index is 0.00525. The Morgan fingerprint density at radius 2 is 2.20 bits per heavy atom. The van der Waals surface area contributed by atoms with Crippen molar-refractivity contribution in [2.24, 2.45) is 0 Å². The van der Waals surface area contributed by atoms with E-state index in [1.165, 1.54) is 0 Å². The molecule has 0 bridgehead atoms. The van der Waals surface area contributed by atoms with Crippen molar-refractivity contribution in [1.29, 1.82) is 0 Å². The zero-order valence-electron chi connectivity index (χ0n) is 14.5. The minimum Gasteiger partial charge on any atom is -0.377 e. The van der Waals surface area contributed by atoms with Gasteiger partial charge in [0, 0.05) is 13.7 Å². The minimum atomic E-state index is -0.00525. The normalized spacial score (nSPS) is 18.2. The molecule has 0 radical (unpaired) electrons. The number of hydrogen-bond acceptors (Lipinski definition) is 6. The molecular weight excluding hydrogens is 320 g/mol. The summed E-state index contributed by atoms with van der Waals surface area (Å²) in [5.74, 6) is 1.12. The molecule has 134 valence electrons. The zero-order valence-corrected chi connectivity index (χ0v) is 14.5. The average molecular weight is 344 g/mol. The molecule has 0 unspecified atom stereocenters. The first-order valence-corrected chi connectivity index (χ1v) is 8.62. The van der Waals surface area contributed by atoms with Crippen LogP contribution in [0.25, 0.3) is 0 Å². The molecule has 7 nitrogen and oxygen atoms in total. The Labute approximate surface area is 147 Å². The highest BCUT2D eigenvalue weighted by atomic mass is 16.5. The Morgan fingerprint density at radius 3 is 3.00 bits per heavy atom. The van der Waals surface area contributed by atoms with Crippen LogP contribution >= 0.6 is 0 Å². The SMILES string of the molecule is COCc1noc([C@H]2CCCCN2CC(=O)NCc2ccccc2)n1. The second-order valence-corrected chi connectivity index (χ2v) is 6.23. The van der Waals surface area contributed by atoms with Gasteiger partial charge in [-0.05, 0) is 24.9 Å². The van der Waals surface area contributed by atoms with Crippen molar-refractivity contribution in [2.75, 3.05) is 20.2 Å². The van der Waals surface area contributed by atoms with E-state index in [4.69, 9.17) is 9.26 Å². The van der Waals surface area contributed by atoms with Crippen LogP contribution in [0.1, 0.15) is 42.6 Å². The van der Waals surface area contributed by atoms with Crippen molar-refractivity contribution in [3.63, 3.8) is 0 Å². The summed E-state index contributed by atoms with van der Waals surface area (Å²) in [5, 5.41) is 6.91. The van der Waals surface area contributed by atoms with Crippen molar-refractivity contribution in [3.05, 3.63) is 47.6 Å². The largest absolute Gasteiger partial charge is 0.377 e. The molecule has 1 fully saturated rings. The van der Waals surface area contributed by atoms with Crippen LogP contribution in [-0.4, -0.2) is 41.1 Å². The average Bonchev–Trinajstić information content (AvgIpc) is 3.10. The van der Waals surface area contributed by atoms with Gasteiger partial charge < -0.3 is 14.6 Å². The highest BCUT2D eigenvalue weighted by Crippen LogP contribution is 2.29. The summed E-state index contributed by atoms with van der Waals surface area (Å²) in [6.07, 6.45) is 3.08. The second-order valence-electron chi connectivity index (χ2n) is 6.23. The number of amides is 1. The summed E-state index contributed by atoms with van der Waals surface area (Å²) in [6, 6.07) is 9.89. The van der Waals surface area contributed by atoms with E-state index >= 15 is 0 Å². The van der Waals surface area contributed by atoms with Gasteiger partial charge in [-0.25, -0.2) is 0 Å². The lowest BCUT2D eigenvalue weighted by Gasteiger charge is -2.32. The number of nitrogens with one attached hydrogen (secondary N) is 1. The van der Waals surface area contributed by atoms with Gasteiger partial charge >= 0.3 is 0 Å². The lowest BCUT2D eigenvalue weighted by atomic mass is 10.0. The predicted molar refractivity (Wildman–Crippen MR) is 91.5 cm³/mol. The number of carbonyl (C=O) groups is 1. The highest BCUT2D eigenvalue weighted by molar-refractivity contribution is 5.78. The summed E-state index contributed by atoms with van der Waals surface area (Å²) in [5.41, 5.74) is 1.09. The number of aromatic nitrogens is 2. The lowest BCUT2D eigenvalue weighted by Crippen LogP contribution is -2.41. The topological polar surface area (TPSA) is 80.5 Å². The van der Waals surface area contributed by atoms with Gasteiger partial charge in [-0.1, -0.05) is 41.9 Å². The Hall–Kier alpha value is -2.25. The zero-order chi connectivity index (χ0) is 17.5. The van der Waals surface area contributed by atoms with Gasteiger partial charge in [-0.15, -0.1) is 0 Å². The van der Waals surface area contributed by atoms with E-state index in [-0.39, 0.29) is 11.9 Å². The van der Waals surface area contributed by atoms with Crippen LogP contribution in [0.3, 0.4) is 0 Å². The summed E-state index contributed by atoms with van der Waals surface area (Å²) in [6.45, 7) is 2.05. The molecule has 1 aromatic carbocycles. The molecule has 0 saturated carbocycles. The van der Waals surface area contributed by atoms with E-state index in [1.807, 2.05) is 30.3 Å². The lowest BCUT2D eigenvalue weighted by molar-refractivity contribution is -0.123. The third kappa shape index (κ3) is 4.87. The maximum atomic E-state index is 12.3. The van der Waals surface area contributed by atoms with Crippen molar-refractivity contribution in [1.82, 2.24) is 20.4 Å². The van der Waals surface area contributed by atoms with Gasteiger partial charge in [-0.2, -0.15) is 4.98 Å². The summed E-state index contributed by atoms with van der Waals surface area (Å²) in [7, 11) is 1.60. The standard InChI is InChI=1S/C18H24N4O3/c1-24-13-16-20-18(25-21-16)15-9-5-6-10-22(15)12-17(23)19-11-14-7-3-2-4-8-14/h2-4,7-8,15H,5-6,9-13H2,1H3,(H,19,23)/t15-/m1/s1. The van der Waals surface area contributed by atoms with Crippen molar-refractivity contribution in [3.8, 4) is 0 Å². The van der Waals surface area contributed by atoms with E-state index < -0.39 is 0 Å². The fourth-order valence-electron chi connectivity index (χ4n) is 3.09. The summed E-state index contributed by atoms with van der Waals surface area (Å²) < 4.78 is 10.4. The molecule has 2 aromatic rings. The molecule has 1 aliphatic rings. The molecule has 1 N–H and O–H groups in total. The first-order valence-electron chi connectivity index (χ1n) is 8.62. The Kier molecular flexibility index (Phi) is 6.14. The van der Waals surface area contributed by atoms with Crippen LogP contribution in [-0.2, 0) is 22.7 Å². The van der Waals surface area contributed by atoms with Crippen LogP contribution < -0.4 is 5.32 Å². The fourth-order valence-corrected chi connectivity index (χ4v) is 3.09. The smallest absolute Gasteiger partial charge is 0.244 e. The maximum absolute atomic E-state index is 12.3. The van der Waals surface area contributed by atoms with Crippen LogP contribution in [0.2, 0.25) is 0 Å². The monoisotopic (exact) mass is 344 g/mol. The first-order chi connectivity index (χ1) is 12.3. The molecule has 1 amide bonds. The maximum Gasteiger partial charge on any atom is 0.244 e. The molecular formula is C18H24N4O3. The first kappa shape index (κ1) is 17.6. The number of hydrogen-bond donors (Lipinski definition) is 1. The van der Waals surface area contributed by atoms with Crippen LogP contribution in [0.15, 0.2) is 34.9 Å².